The average Bonchev–Trinajstić information content (AvgIpc) is 2.68. The van der Waals surface area contributed by atoms with E-state index in [1.807, 2.05) is 24.8 Å². The number of fused-ring (bicyclic) bond motifs is 1. The minimum absolute atomic E-state index is 0.00946. The summed E-state index contributed by atoms with van der Waals surface area (Å²) in [5.74, 6) is 0.544. The first-order valence-electron chi connectivity index (χ1n) is 9.48. The van der Waals surface area contributed by atoms with Gasteiger partial charge in [0, 0.05) is 24.0 Å². The normalized spacial score (nSPS) is 16.7. The lowest BCUT2D eigenvalue weighted by molar-refractivity contribution is 0.0310. The van der Waals surface area contributed by atoms with Crippen LogP contribution >= 0.6 is 0 Å². The number of anilines is 2. The lowest BCUT2D eigenvalue weighted by Crippen LogP contribution is -2.60. The Morgan fingerprint density at radius 1 is 1.17 bits per heavy atom. The monoisotopic (exact) mass is 399 g/mol. The highest BCUT2D eigenvalue weighted by Gasteiger charge is 2.36. The van der Waals surface area contributed by atoms with Crippen LogP contribution in [0.4, 0.5) is 20.3 Å². The van der Waals surface area contributed by atoms with E-state index < -0.39 is 12.0 Å². The summed E-state index contributed by atoms with van der Waals surface area (Å²) in [7, 11) is 0. The lowest BCUT2D eigenvalue weighted by atomic mass is 9.96. The Morgan fingerprint density at radius 2 is 1.90 bits per heavy atom. The van der Waals surface area contributed by atoms with Crippen molar-refractivity contribution in [1.29, 1.82) is 0 Å². The predicted octanol–water partition coefficient (Wildman–Crippen LogP) is 4.01. The second-order valence-corrected chi connectivity index (χ2v) is 7.91. The number of benzene rings is 1. The second kappa shape index (κ2) is 7.18. The van der Waals surface area contributed by atoms with Crippen LogP contribution in [0.3, 0.4) is 0 Å². The van der Waals surface area contributed by atoms with Gasteiger partial charge in [0.05, 0.1) is 34.7 Å². The van der Waals surface area contributed by atoms with Crippen LogP contribution in [-0.2, 0) is 0 Å². The molecule has 0 saturated carbocycles. The summed E-state index contributed by atoms with van der Waals surface area (Å²) in [4.78, 5) is 6.59. The topological polar surface area (TPSA) is 74.2 Å². The number of halogens is 2. The van der Waals surface area contributed by atoms with Crippen LogP contribution in [0, 0.1) is 6.92 Å². The van der Waals surface area contributed by atoms with Gasteiger partial charge in [-0.05, 0) is 38.5 Å². The molecule has 6 nitrogen and oxygen atoms in total. The molecule has 2 aromatic heterocycles. The van der Waals surface area contributed by atoms with E-state index in [1.165, 1.54) is 12.1 Å². The van der Waals surface area contributed by atoms with E-state index in [2.05, 4.69) is 20.5 Å². The number of hydrogen-bond acceptors (Lipinski definition) is 6. The molecule has 1 aliphatic heterocycles. The molecule has 0 aliphatic carbocycles. The second-order valence-electron chi connectivity index (χ2n) is 7.91. The maximum absolute atomic E-state index is 13.0. The SMILES string of the molecule is Cc1nnc(NC(C)c2cccc(C(F)F)c2)c2cc(N3CC(C)(O)C3)cnc12. The molecule has 0 amide bonds. The zero-order valence-electron chi connectivity index (χ0n) is 16.5. The van der Waals surface area contributed by atoms with E-state index in [4.69, 9.17) is 0 Å². The van der Waals surface area contributed by atoms with Crippen molar-refractivity contribution in [2.75, 3.05) is 23.3 Å². The zero-order chi connectivity index (χ0) is 20.8. The van der Waals surface area contributed by atoms with Crippen LogP contribution in [0.2, 0.25) is 0 Å². The molecule has 0 radical (unpaired) electrons. The van der Waals surface area contributed by atoms with Crippen LogP contribution < -0.4 is 10.2 Å². The highest BCUT2D eigenvalue weighted by molar-refractivity contribution is 5.92. The number of aliphatic hydroxyl groups is 1. The Labute approximate surface area is 167 Å². The third kappa shape index (κ3) is 3.85. The maximum Gasteiger partial charge on any atom is 0.263 e. The Morgan fingerprint density at radius 3 is 2.59 bits per heavy atom. The standard InChI is InChI=1S/C21H23F2N5O/c1-12(14-5-4-6-15(7-14)19(22)23)25-20-17-8-16(28-10-21(3,29)11-28)9-24-18(17)13(2)26-27-20/h4-9,12,19,29H,10-11H2,1-3H3,(H,25,27). The molecular formula is C21H23F2N5O. The van der Waals surface area contributed by atoms with Crippen molar-refractivity contribution in [3.63, 3.8) is 0 Å². The summed E-state index contributed by atoms with van der Waals surface area (Å²) in [5, 5.41) is 22.6. The van der Waals surface area contributed by atoms with Crippen LogP contribution in [0.25, 0.3) is 10.9 Å². The van der Waals surface area contributed by atoms with Gasteiger partial charge in [0.2, 0.25) is 0 Å². The molecule has 0 spiro atoms. The maximum atomic E-state index is 13.0. The molecule has 152 valence electrons. The fourth-order valence-corrected chi connectivity index (χ4v) is 3.64. The number of pyridine rings is 1. The van der Waals surface area contributed by atoms with Crippen molar-refractivity contribution in [2.45, 2.75) is 38.8 Å². The summed E-state index contributed by atoms with van der Waals surface area (Å²) < 4.78 is 26.1. The summed E-state index contributed by atoms with van der Waals surface area (Å²) >= 11 is 0. The first kappa shape index (κ1) is 19.4. The van der Waals surface area contributed by atoms with Gasteiger partial charge in [0.15, 0.2) is 5.82 Å². The van der Waals surface area contributed by atoms with Crippen molar-refractivity contribution < 1.29 is 13.9 Å². The molecule has 3 heterocycles. The molecule has 3 aromatic rings. The van der Waals surface area contributed by atoms with Gasteiger partial charge < -0.3 is 15.3 Å². The van der Waals surface area contributed by atoms with Gasteiger partial charge in [-0.2, -0.15) is 5.10 Å². The minimum atomic E-state index is -2.51. The fourth-order valence-electron chi connectivity index (χ4n) is 3.64. The van der Waals surface area contributed by atoms with Gasteiger partial charge in [-0.3, -0.25) is 4.98 Å². The zero-order valence-corrected chi connectivity index (χ0v) is 16.5. The number of nitrogens with zero attached hydrogens (tertiary/aromatic N) is 4. The van der Waals surface area contributed by atoms with Crippen molar-refractivity contribution in [3.05, 3.63) is 53.3 Å². The van der Waals surface area contributed by atoms with E-state index in [0.29, 0.717) is 24.6 Å². The van der Waals surface area contributed by atoms with E-state index in [0.717, 1.165) is 22.2 Å². The molecule has 1 unspecified atom stereocenters. The van der Waals surface area contributed by atoms with Crippen molar-refractivity contribution >= 4 is 22.4 Å². The van der Waals surface area contributed by atoms with E-state index in [-0.39, 0.29) is 11.6 Å². The summed E-state index contributed by atoms with van der Waals surface area (Å²) in [5.41, 5.74) is 2.37. The molecule has 1 atom stereocenters. The molecule has 29 heavy (non-hydrogen) atoms. The largest absolute Gasteiger partial charge is 0.386 e. The number of β-amino-alcohol motifs (C(OH)–C–C–N with tert-alkyl or cyclic N) is 1. The molecule has 0 bridgehead atoms. The van der Waals surface area contributed by atoms with Crippen molar-refractivity contribution in [1.82, 2.24) is 15.2 Å². The molecular weight excluding hydrogens is 376 g/mol. The third-order valence-corrected chi connectivity index (χ3v) is 5.22. The lowest BCUT2D eigenvalue weighted by Gasteiger charge is -2.45. The Bertz CT molecular complexity index is 1050. The van der Waals surface area contributed by atoms with Crippen molar-refractivity contribution in [2.24, 2.45) is 0 Å². The number of nitrogens with one attached hydrogen (secondary N) is 1. The van der Waals surface area contributed by atoms with E-state index in [1.54, 1.807) is 25.3 Å². The number of hydrogen-bond donors (Lipinski definition) is 2. The van der Waals surface area contributed by atoms with Gasteiger partial charge in [-0.25, -0.2) is 8.78 Å². The third-order valence-electron chi connectivity index (χ3n) is 5.22. The van der Waals surface area contributed by atoms with Gasteiger partial charge in [-0.1, -0.05) is 18.2 Å². The fraction of sp³-hybridized carbons (Fsp3) is 0.381. The number of alkyl halides is 2. The quantitative estimate of drug-likeness (QED) is 0.675. The van der Waals surface area contributed by atoms with Crippen LogP contribution in [0.5, 0.6) is 0 Å². The molecule has 4 rings (SSSR count). The molecule has 1 saturated heterocycles. The highest BCUT2D eigenvalue weighted by Crippen LogP contribution is 2.32. The van der Waals surface area contributed by atoms with Gasteiger partial charge >= 0.3 is 0 Å². The van der Waals surface area contributed by atoms with Gasteiger partial charge in [0.1, 0.15) is 0 Å². The molecule has 1 aliphatic rings. The van der Waals surface area contributed by atoms with E-state index >= 15 is 0 Å². The number of aromatic nitrogens is 3. The molecule has 8 heteroatoms. The Kier molecular flexibility index (Phi) is 4.82. The smallest absolute Gasteiger partial charge is 0.263 e. The van der Waals surface area contributed by atoms with Crippen molar-refractivity contribution in [3.8, 4) is 0 Å². The minimum Gasteiger partial charge on any atom is -0.386 e. The number of rotatable bonds is 5. The summed E-state index contributed by atoms with van der Waals surface area (Å²) in [6, 6.07) is 8.08. The molecule has 1 aromatic carbocycles. The summed E-state index contributed by atoms with van der Waals surface area (Å²) in [6.45, 7) is 6.61. The summed E-state index contributed by atoms with van der Waals surface area (Å²) in [6.07, 6.45) is -0.742. The van der Waals surface area contributed by atoms with E-state index in [9.17, 15) is 13.9 Å². The Hall–Kier alpha value is -2.87. The van der Waals surface area contributed by atoms with Gasteiger partial charge in [-0.15, -0.1) is 5.10 Å². The first-order valence-corrected chi connectivity index (χ1v) is 9.48. The van der Waals surface area contributed by atoms with Crippen LogP contribution in [-0.4, -0.2) is 39.0 Å². The van der Waals surface area contributed by atoms with Gasteiger partial charge in [0.25, 0.3) is 6.43 Å². The highest BCUT2D eigenvalue weighted by atomic mass is 19.3. The molecule has 2 N–H and O–H groups in total. The Balaban J connectivity index is 1.66. The average molecular weight is 399 g/mol. The van der Waals surface area contributed by atoms with Crippen LogP contribution in [0.1, 0.15) is 43.1 Å². The van der Waals surface area contributed by atoms with Crippen LogP contribution in [0.15, 0.2) is 36.5 Å². The predicted molar refractivity (Wildman–Crippen MR) is 108 cm³/mol. The molecule has 1 fully saturated rings. The number of aryl methyl sites for hydroxylation is 1. The first-order chi connectivity index (χ1) is 13.7.